The summed E-state index contributed by atoms with van der Waals surface area (Å²) in [6.45, 7) is 8.73. The monoisotopic (exact) mass is 1950 g/mol. The first kappa shape index (κ1) is 115. The number of ketones is 7. The number of rotatable bonds is 66. The number of unbranched alkanes of at least 4 members (excludes halogenated alkanes) is 1. The zero-order valence-corrected chi connectivity index (χ0v) is 79.8. The van der Waals surface area contributed by atoms with Crippen LogP contribution in [0.15, 0.2) is 115 Å². The van der Waals surface area contributed by atoms with Crippen LogP contribution in [0.4, 0.5) is 0 Å². The number of aliphatic carboxylic acids is 3. The van der Waals surface area contributed by atoms with Gasteiger partial charge in [-0.25, -0.2) is 0 Å². The lowest BCUT2D eigenvalue weighted by atomic mass is 9.84. The maximum atomic E-state index is 14.8. The van der Waals surface area contributed by atoms with Crippen molar-refractivity contribution in [3.8, 4) is 11.5 Å². The summed E-state index contributed by atoms with van der Waals surface area (Å²) < 4.78 is 0. The third kappa shape index (κ3) is 37.8. The molecule has 1 aliphatic rings. The SMILES string of the molecule is CC[C@H](C)[C@@H](CC(=O)C(CO)NC(=O)C(CC(=O)[C@H](CC(=O)O)NC(=O)C(CO)CC(=O)[C@@H](NC(=O)C(CC(=O)[C@@H](NC(=O)CCC(=O)[C@H](CCC(=O)O)NC(=O)CSCC(=O)NCCN1C(=O)c2cccc3cccc(c23)C1=O)[C@@H](C)O)Cc1ccccc1)[C@@H](C)O)Cc1ccc(O)cc1)C(=O)N[C@@H](Cc1ccc(O)cc1)C(=O)CC(CC(C)C)C(=O)N[C@@H](CC(=O)O)C(=O)C[C@H](C)CCCCN. The Kier molecular flexibility index (Phi) is 47.5. The number of nitrogens with zero attached hydrogens (tertiary/aromatic N) is 1. The number of aliphatic hydroxyl groups is 4. The molecule has 0 bridgehead atoms. The van der Waals surface area contributed by atoms with E-state index in [2.05, 4.69) is 42.5 Å². The van der Waals surface area contributed by atoms with Crippen LogP contribution in [-0.4, -0.2) is 267 Å². The van der Waals surface area contributed by atoms with Gasteiger partial charge in [0, 0.05) is 111 Å². The Labute approximate surface area is 808 Å². The lowest BCUT2D eigenvalue weighted by Crippen LogP contribution is -2.53. The number of hydrogen-bond acceptors (Lipinski definition) is 28. The largest absolute Gasteiger partial charge is 0.508 e. The van der Waals surface area contributed by atoms with Crippen molar-refractivity contribution in [2.75, 3.05) is 44.4 Å². The highest BCUT2D eigenvalue weighted by molar-refractivity contribution is 8.00. The second-order valence-corrected chi connectivity index (χ2v) is 36.9. The number of aromatic hydroxyl groups is 2. The number of carbonyl (C=O) groups excluding carboxylic acids is 17. The van der Waals surface area contributed by atoms with Crippen LogP contribution in [0.3, 0.4) is 0 Å². The number of thioether (sulfide) groups is 1. The summed E-state index contributed by atoms with van der Waals surface area (Å²) in [5.41, 5.74) is 7.44. The van der Waals surface area contributed by atoms with E-state index in [-0.39, 0.29) is 79.8 Å². The van der Waals surface area contributed by atoms with Crippen LogP contribution in [0.2, 0.25) is 0 Å². The number of phenolic OH excluding ortho intramolecular Hbond substituents is 2. The highest BCUT2D eigenvalue weighted by Crippen LogP contribution is 2.32. The molecule has 10 amide bonds. The highest BCUT2D eigenvalue weighted by Gasteiger charge is 2.42. The number of carboxylic acids is 3. The number of carbonyl (C=O) groups is 20. The number of nitrogens with one attached hydrogen (secondary N) is 8. The van der Waals surface area contributed by atoms with Crippen molar-refractivity contribution in [3.05, 3.63) is 143 Å². The number of amides is 10. The van der Waals surface area contributed by atoms with Crippen LogP contribution < -0.4 is 48.3 Å². The lowest BCUT2D eigenvalue weighted by Gasteiger charge is -2.28. The minimum atomic E-state index is -2.05. The molecule has 5 aromatic carbocycles. The van der Waals surface area contributed by atoms with Gasteiger partial charge in [-0.05, 0) is 135 Å². The number of carboxylic acid groups (broad SMARTS) is 3. The molecule has 16 atom stereocenters. The molecule has 139 heavy (non-hydrogen) atoms. The Bertz CT molecular complexity index is 5100. The maximum absolute atomic E-state index is 14.8. The van der Waals surface area contributed by atoms with Gasteiger partial charge in [0.1, 0.15) is 29.6 Å². The second-order valence-electron chi connectivity index (χ2n) is 35.9. The predicted molar refractivity (Wildman–Crippen MR) is 506 cm³/mol. The molecule has 5 unspecified atom stereocenters. The predicted octanol–water partition coefficient (Wildman–Crippen LogP) is 3.42. The number of Topliss-reactive ketones (excluding diaryl/α,β-unsaturated/α-hetero) is 7. The molecule has 0 fully saturated rings. The molecule has 6 rings (SSSR count). The van der Waals surface area contributed by atoms with Crippen molar-refractivity contribution in [1.82, 2.24) is 47.4 Å². The van der Waals surface area contributed by atoms with E-state index in [9.17, 15) is 142 Å². The molecule has 0 saturated carbocycles. The lowest BCUT2D eigenvalue weighted by molar-refractivity contribution is -0.142. The highest BCUT2D eigenvalue weighted by atomic mass is 32.2. The van der Waals surface area contributed by atoms with E-state index in [0.29, 0.717) is 52.4 Å². The van der Waals surface area contributed by atoms with Crippen molar-refractivity contribution in [2.45, 2.75) is 231 Å². The number of nitrogens with two attached hydrogens (primary N) is 1. The quantitative estimate of drug-likeness (QED) is 0.0196. The van der Waals surface area contributed by atoms with Crippen molar-refractivity contribution in [3.63, 3.8) is 0 Å². The maximum Gasteiger partial charge on any atom is 0.305 e. The number of benzene rings is 5. The average Bonchev–Trinajstić information content (AvgIpc) is 0.747. The third-order valence-corrected chi connectivity index (χ3v) is 25.1. The summed E-state index contributed by atoms with van der Waals surface area (Å²) in [6.07, 6.45) is -10.4. The number of hydrogen-bond donors (Lipinski definition) is 18. The first-order valence-corrected chi connectivity index (χ1v) is 47.6. The minimum Gasteiger partial charge on any atom is -0.508 e. The Morgan fingerprint density at radius 2 is 0.878 bits per heavy atom. The van der Waals surface area contributed by atoms with E-state index in [1.807, 2.05) is 6.92 Å². The summed E-state index contributed by atoms with van der Waals surface area (Å²) in [6, 6.07) is 17.0. The van der Waals surface area contributed by atoms with Crippen LogP contribution in [0.5, 0.6) is 11.5 Å². The smallest absolute Gasteiger partial charge is 0.305 e. The topological polar surface area (TPSA) is 649 Å². The first-order chi connectivity index (χ1) is 65.8. The first-order valence-electron chi connectivity index (χ1n) is 46.4. The summed E-state index contributed by atoms with van der Waals surface area (Å²) >= 11 is 0.819. The summed E-state index contributed by atoms with van der Waals surface area (Å²) in [5.74, 6) is -28.8. The summed E-state index contributed by atoms with van der Waals surface area (Å²) in [4.78, 5) is 276. The van der Waals surface area contributed by atoms with Gasteiger partial charge < -0.3 is 94.2 Å². The molecule has 1 heterocycles. The Balaban J connectivity index is 1.11. The van der Waals surface area contributed by atoms with Crippen LogP contribution in [0, 0.1) is 47.3 Å². The van der Waals surface area contributed by atoms with Crippen molar-refractivity contribution in [2.24, 2.45) is 53.1 Å². The second kappa shape index (κ2) is 57.5. The van der Waals surface area contributed by atoms with Gasteiger partial charge in [-0.3, -0.25) is 101 Å². The van der Waals surface area contributed by atoms with E-state index in [4.69, 9.17) is 5.73 Å². The molecule has 1 aliphatic heterocycles. The molecule has 0 aromatic heterocycles. The molecule has 19 N–H and O–H groups in total. The molecule has 39 nitrogen and oxygen atoms in total. The standard InChI is InChI=1S/C99H130N10O29S/c1-8-56(5)71(97(136)105-73(42-61-25-29-68(115)30-26-61)79(118)43-63(38-54(2)3)93(132)103-74(48-88(128)129)78(117)39-55(4)16-12-13-35-100)47-81(120)76(51-111)106-94(133)64(41-60-23-27-67(114)28-24-60)44-80(119)75(49-89(130)131)104-96(135)66(50-110)46-83(122)92(58(7)113)108-95(134)65(40-59-17-10-9-11-18-59)45-82(121)91(57(6)112)107-84(123)33-32-77(116)72(31-34-87(126)127)102-86(125)53-139-52-85(124)101-36-37-109-98(137)69-21-14-19-62-20-15-22-70(90(62)69)99(109)138/h9-11,14-15,17-30,54-58,63-66,71-76,91-92,110-115H,8,12-13,16,31-53,100H2,1-7H3,(H,101,124)(H,102,125)(H,103,132)(H,104,135)(H,105,136)(H,106,133)(H,107,123)(H,108,134)(H,126,127)(H,128,129)(H,130,131)/t55-,56+,57-,58-,63?,64?,65?,66?,71-,72+,73+,74+,75+,76?,91+,92+/m1/s1. The van der Waals surface area contributed by atoms with Gasteiger partial charge in [-0.15, -0.1) is 11.8 Å². The molecule has 0 saturated heterocycles. The van der Waals surface area contributed by atoms with Crippen LogP contribution in [-0.2, 0) is 106 Å². The minimum absolute atomic E-state index is 0.0483. The molecule has 5 aromatic rings. The van der Waals surface area contributed by atoms with Gasteiger partial charge in [0.2, 0.25) is 47.3 Å². The third-order valence-electron chi connectivity index (χ3n) is 24.1. The van der Waals surface area contributed by atoms with Gasteiger partial charge in [0.15, 0.2) is 40.5 Å². The van der Waals surface area contributed by atoms with Crippen LogP contribution in [0.1, 0.15) is 195 Å². The normalized spacial score (nSPS) is 15.3. The zero-order chi connectivity index (χ0) is 103. The van der Waals surface area contributed by atoms with Gasteiger partial charge in [-0.1, -0.05) is 133 Å². The van der Waals surface area contributed by atoms with E-state index in [1.54, 1.807) is 94.4 Å². The molecule has 40 heteroatoms. The van der Waals surface area contributed by atoms with E-state index in [1.165, 1.54) is 48.5 Å². The van der Waals surface area contributed by atoms with E-state index in [0.717, 1.165) is 36.9 Å². The number of aliphatic hydroxyl groups excluding tert-OH is 4. The fraction of sp³-hybridized carbons (Fsp3) is 0.515. The number of imide groups is 1. The summed E-state index contributed by atoms with van der Waals surface area (Å²) in [7, 11) is 0. The van der Waals surface area contributed by atoms with Crippen molar-refractivity contribution < 1.29 is 142 Å². The Hall–Kier alpha value is -12.9. The molecular weight excluding hydrogens is 1830 g/mol. The molecule has 0 spiro atoms. The van der Waals surface area contributed by atoms with Gasteiger partial charge in [0.25, 0.3) is 11.8 Å². The fourth-order valence-corrected chi connectivity index (χ4v) is 16.9. The summed E-state index contributed by atoms with van der Waals surface area (Å²) in [5, 5.41) is 114. The average molecular weight is 1960 g/mol. The fourth-order valence-electron chi connectivity index (χ4n) is 16.2. The molecular formula is C99H130N10O29S. The van der Waals surface area contributed by atoms with Gasteiger partial charge in [-0.2, -0.15) is 0 Å². The van der Waals surface area contributed by atoms with Crippen molar-refractivity contribution in [1.29, 1.82) is 0 Å². The van der Waals surface area contributed by atoms with Gasteiger partial charge >= 0.3 is 17.9 Å². The van der Waals surface area contributed by atoms with Crippen LogP contribution in [0.25, 0.3) is 10.8 Å². The zero-order valence-electron chi connectivity index (χ0n) is 79.0. The molecule has 756 valence electrons. The van der Waals surface area contributed by atoms with E-state index >= 15 is 0 Å². The van der Waals surface area contributed by atoms with E-state index < -0.39 is 303 Å². The molecule has 0 radical (unpaired) electrons. The van der Waals surface area contributed by atoms with Gasteiger partial charge in [0.05, 0.1) is 79.9 Å². The number of phenols is 2. The van der Waals surface area contributed by atoms with Crippen molar-refractivity contribution >= 4 is 140 Å². The molecule has 0 aliphatic carbocycles. The Morgan fingerprint density at radius 3 is 1.40 bits per heavy atom. The Morgan fingerprint density at radius 1 is 0.410 bits per heavy atom. The van der Waals surface area contributed by atoms with Crippen LogP contribution >= 0.6 is 11.8 Å².